The van der Waals surface area contributed by atoms with Gasteiger partial charge in [0.1, 0.15) is 0 Å². The molecule has 2 aromatic carbocycles. The average Bonchev–Trinajstić information content (AvgIpc) is 2.83. The minimum Gasteiger partial charge on any atom is -0.382 e. The van der Waals surface area contributed by atoms with Gasteiger partial charge in [-0.3, -0.25) is 9.69 Å². The summed E-state index contributed by atoms with van der Waals surface area (Å²) in [5.41, 5.74) is -3.55. The molecular formula is C26H28F6N2O3. The summed E-state index contributed by atoms with van der Waals surface area (Å²) in [5, 5.41) is 3.02. The van der Waals surface area contributed by atoms with Crippen LogP contribution in [0.25, 0.3) is 0 Å². The third kappa shape index (κ3) is 5.63. The molecular weight excluding hydrogens is 502 g/mol. The zero-order valence-electron chi connectivity index (χ0n) is 20.4. The minimum absolute atomic E-state index is 0.0356. The minimum atomic E-state index is -4.95. The zero-order valence-corrected chi connectivity index (χ0v) is 20.4. The molecule has 0 aromatic heterocycles. The molecule has 0 spiro atoms. The molecule has 2 aliphatic rings. The predicted octanol–water partition coefficient (Wildman–Crippen LogP) is 5.31. The van der Waals surface area contributed by atoms with E-state index in [1.807, 2.05) is 35.2 Å². The van der Waals surface area contributed by atoms with Crippen molar-refractivity contribution in [3.05, 3.63) is 70.8 Å². The van der Waals surface area contributed by atoms with E-state index < -0.39 is 40.7 Å². The average molecular weight is 531 g/mol. The summed E-state index contributed by atoms with van der Waals surface area (Å²) in [6.45, 7) is 2.23. The molecule has 0 radical (unpaired) electrons. The smallest absolute Gasteiger partial charge is 0.382 e. The largest absolute Gasteiger partial charge is 0.416 e. The van der Waals surface area contributed by atoms with Crippen molar-refractivity contribution in [2.45, 2.75) is 49.3 Å². The highest BCUT2D eigenvalue weighted by atomic mass is 19.4. The second kappa shape index (κ2) is 9.92. The second-order valence-electron chi connectivity index (χ2n) is 9.81. The number of halogens is 6. The van der Waals surface area contributed by atoms with Gasteiger partial charge in [0, 0.05) is 13.7 Å². The fourth-order valence-corrected chi connectivity index (χ4v) is 5.34. The number of hydrogen-bond acceptors (Lipinski definition) is 4. The molecule has 1 amide bonds. The first-order valence-electron chi connectivity index (χ1n) is 11.8. The molecule has 37 heavy (non-hydrogen) atoms. The van der Waals surface area contributed by atoms with Crippen LogP contribution in [0.5, 0.6) is 0 Å². The molecule has 2 saturated heterocycles. The Bertz CT molecular complexity index is 1090. The Kier molecular flexibility index (Phi) is 7.35. The van der Waals surface area contributed by atoms with E-state index in [0.717, 1.165) is 5.56 Å². The SMILES string of the molecule is COC[C@]12CC[C@@](CO[C@H](C)c3cc(C(F)(F)F)cc(C(F)(F)F)c3)(c3ccccc3)N(CC(=O)N1)C2. The van der Waals surface area contributed by atoms with Crippen molar-refractivity contribution in [1.82, 2.24) is 10.2 Å². The molecule has 2 heterocycles. The standard InChI is InChI=1S/C26H28F6N2O3/c1-17(18-10-20(25(27,28)29)12-21(11-18)26(30,31)32)37-16-24(19-6-4-3-5-7-19)9-8-23(15-36-2)14-34(24)13-22(35)33-23/h3-7,10-12,17H,8-9,13-16H2,1-2H3,(H,33,35)/t17-,23-,24-/m1/s1. The van der Waals surface area contributed by atoms with E-state index in [-0.39, 0.29) is 30.7 Å². The maximum absolute atomic E-state index is 13.4. The lowest BCUT2D eigenvalue weighted by Crippen LogP contribution is -2.73. The van der Waals surface area contributed by atoms with Crippen molar-refractivity contribution >= 4 is 5.91 Å². The number of benzene rings is 2. The van der Waals surface area contributed by atoms with E-state index in [1.165, 1.54) is 6.92 Å². The Balaban J connectivity index is 1.66. The number of methoxy groups -OCH3 is 1. The monoisotopic (exact) mass is 530 g/mol. The summed E-state index contributed by atoms with van der Waals surface area (Å²) in [6, 6.07) is 10.8. The number of ether oxygens (including phenoxy) is 2. The third-order valence-corrected chi connectivity index (χ3v) is 7.24. The molecule has 2 aliphatic heterocycles. The van der Waals surface area contributed by atoms with Crippen LogP contribution in [0, 0.1) is 0 Å². The van der Waals surface area contributed by atoms with Crippen molar-refractivity contribution < 1.29 is 40.6 Å². The zero-order chi connectivity index (χ0) is 27.1. The lowest BCUT2D eigenvalue weighted by Gasteiger charge is -2.56. The quantitative estimate of drug-likeness (QED) is 0.494. The number of nitrogens with zero attached hydrogens (tertiary/aromatic N) is 1. The van der Waals surface area contributed by atoms with Crippen LogP contribution in [-0.4, -0.2) is 49.8 Å². The van der Waals surface area contributed by atoms with Crippen LogP contribution in [0.1, 0.15) is 48.1 Å². The first-order chi connectivity index (χ1) is 17.3. The van der Waals surface area contributed by atoms with Crippen molar-refractivity contribution in [2.24, 2.45) is 0 Å². The third-order valence-electron chi connectivity index (χ3n) is 7.24. The number of amides is 1. The number of nitrogens with one attached hydrogen (secondary N) is 1. The molecule has 2 bridgehead atoms. The van der Waals surface area contributed by atoms with Gasteiger partial charge in [-0.25, -0.2) is 0 Å². The van der Waals surface area contributed by atoms with Gasteiger partial charge in [-0.2, -0.15) is 26.3 Å². The highest BCUT2D eigenvalue weighted by Gasteiger charge is 2.53. The first-order valence-corrected chi connectivity index (χ1v) is 11.8. The van der Waals surface area contributed by atoms with Crippen LogP contribution in [0.2, 0.25) is 0 Å². The summed E-state index contributed by atoms with van der Waals surface area (Å²) in [4.78, 5) is 14.6. The Labute approximate surface area is 210 Å². The lowest BCUT2D eigenvalue weighted by atomic mass is 9.73. The van der Waals surface area contributed by atoms with Gasteiger partial charge < -0.3 is 14.8 Å². The molecule has 2 fully saturated rings. The molecule has 4 rings (SSSR count). The van der Waals surface area contributed by atoms with Gasteiger partial charge >= 0.3 is 12.4 Å². The van der Waals surface area contributed by atoms with Gasteiger partial charge in [0.15, 0.2) is 0 Å². The summed E-state index contributed by atoms with van der Waals surface area (Å²) < 4.78 is 91.6. The number of carbonyl (C=O) groups excluding carboxylic acids is 1. The van der Waals surface area contributed by atoms with Crippen LogP contribution in [-0.2, 0) is 32.2 Å². The molecule has 2 aromatic rings. The van der Waals surface area contributed by atoms with Crippen molar-refractivity contribution in [3.8, 4) is 0 Å². The van der Waals surface area contributed by atoms with Crippen molar-refractivity contribution in [3.63, 3.8) is 0 Å². The van der Waals surface area contributed by atoms with Crippen LogP contribution < -0.4 is 5.32 Å². The first kappa shape index (κ1) is 27.4. The topological polar surface area (TPSA) is 50.8 Å². The number of fused-ring (bicyclic) bond motifs is 2. The van der Waals surface area contributed by atoms with E-state index in [0.29, 0.717) is 38.1 Å². The summed E-state index contributed by atoms with van der Waals surface area (Å²) in [7, 11) is 1.55. The lowest BCUT2D eigenvalue weighted by molar-refractivity contribution is -0.147. The van der Waals surface area contributed by atoms with Gasteiger partial charge in [-0.1, -0.05) is 30.3 Å². The predicted molar refractivity (Wildman–Crippen MR) is 122 cm³/mol. The van der Waals surface area contributed by atoms with Crippen LogP contribution in [0.15, 0.2) is 48.5 Å². The summed E-state index contributed by atoms with van der Waals surface area (Å²) in [6.07, 6.45) is -9.89. The number of carbonyl (C=O) groups is 1. The molecule has 1 unspecified atom stereocenters. The number of hydrogen-bond donors (Lipinski definition) is 1. The molecule has 4 atom stereocenters. The van der Waals surface area contributed by atoms with Crippen LogP contribution >= 0.6 is 0 Å². The highest BCUT2D eigenvalue weighted by molar-refractivity contribution is 5.80. The second-order valence-corrected chi connectivity index (χ2v) is 9.81. The fourth-order valence-electron chi connectivity index (χ4n) is 5.34. The van der Waals surface area contributed by atoms with E-state index in [2.05, 4.69) is 5.32 Å². The van der Waals surface area contributed by atoms with Gasteiger partial charge in [0.2, 0.25) is 5.91 Å². The maximum Gasteiger partial charge on any atom is 0.416 e. The van der Waals surface area contributed by atoms with Crippen molar-refractivity contribution in [2.75, 3.05) is 33.4 Å². The van der Waals surface area contributed by atoms with Crippen molar-refractivity contribution in [1.29, 1.82) is 0 Å². The Morgan fingerprint density at radius 2 is 1.59 bits per heavy atom. The molecule has 0 aliphatic carbocycles. The number of rotatable bonds is 7. The normalized spacial score (nSPS) is 27.0. The van der Waals surface area contributed by atoms with E-state index in [9.17, 15) is 31.1 Å². The maximum atomic E-state index is 13.4. The van der Waals surface area contributed by atoms with Gasteiger partial charge in [-0.05, 0) is 49.1 Å². The van der Waals surface area contributed by atoms with Gasteiger partial charge in [-0.15, -0.1) is 0 Å². The fraction of sp³-hybridized carbons (Fsp3) is 0.500. The highest BCUT2D eigenvalue weighted by Crippen LogP contribution is 2.44. The van der Waals surface area contributed by atoms with Gasteiger partial charge in [0.05, 0.1) is 48.1 Å². The number of piperidine rings is 1. The molecule has 11 heteroatoms. The Morgan fingerprint density at radius 3 is 2.16 bits per heavy atom. The summed E-state index contributed by atoms with van der Waals surface area (Å²) in [5.74, 6) is -0.191. The van der Waals surface area contributed by atoms with Crippen LogP contribution in [0.3, 0.4) is 0 Å². The molecule has 202 valence electrons. The molecule has 0 saturated carbocycles. The number of alkyl halides is 6. The van der Waals surface area contributed by atoms with E-state index in [4.69, 9.17) is 9.47 Å². The summed E-state index contributed by atoms with van der Waals surface area (Å²) >= 11 is 0. The van der Waals surface area contributed by atoms with Crippen LogP contribution in [0.4, 0.5) is 26.3 Å². The van der Waals surface area contributed by atoms with Gasteiger partial charge in [0.25, 0.3) is 0 Å². The van der Waals surface area contributed by atoms with E-state index >= 15 is 0 Å². The van der Waals surface area contributed by atoms with E-state index in [1.54, 1.807) is 7.11 Å². The Hall–Kier alpha value is -2.63. The Morgan fingerprint density at radius 1 is 0.973 bits per heavy atom. The molecule has 1 N–H and O–H groups in total. The molecule has 5 nitrogen and oxygen atoms in total. The number of piperazine rings is 1.